The summed E-state index contributed by atoms with van der Waals surface area (Å²) in [5.41, 5.74) is -7.15. The molecule has 14 heteroatoms. The number of imide groups is 1. The number of alkyl halides is 3. The normalized spacial score (nSPS) is 21.3. The molecule has 1 aliphatic carbocycles. The van der Waals surface area contributed by atoms with Crippen LogP contribution in [0.4, 0.5) is 18.0 Å². The molecule has 2 amide bonds. The fourth-order valence-corrected chi connectivity index (χ4v) is 4.88. The van der Waals surface area contributed by atoms with Crippen LogP contribution in [0, 0.1) is 6.92 Å². The first-order valence-corrected chi connectivity index (χ1v) is 12.0. The zero-order valence-corrected chi connectivity index (χ0v) is 19.7. The van der Waals surface area contributed by atoms with Crippen LogP contribution in [-0.2, 0) is 14.9 Å². The average Bonchev–Trinajstić information content (AvgIpc) is 2.99. The lowest BCUT2D eigenvalue weighted by molar-refractivity contribution is -0.0500. The minimum atomic E-state index is -6.13. The second-order valence-electron chi connectivity index (χ2n) is 9.26. The number of aromatic nitrogens is 3. The standard InChI is InChI=1S/C20H23F3N4O6S/c1-10-24-9-11-15(33-34(30,31)20(21,22)23)14-17(28)27(18(29)32-19(2,3)4)13-8-6-5-7-12(13)26(14)16(11)25-10/h9,12-13H,5-8H2,1-4H3/t12-,13-/m0/s1. The lowest BCUT2D eigenvalue weighted by Gasteiger charge is -2.43. The molecule has 0 spiro atoms. The molecule has 3 heterocycles. The van der Waals surface area contributed by atoms with Gasteiger partial charge in [0.2, 0.25) is 0 Å². The van der Waals surface area contributed by atoms with Crippen molar-refractivity contribution in [3.8, 4) is 5.75 Å². The van der Waals surface area contributed by atoms with Crippen molar-refractivity contribution in [2.75, 3.05) is 0 Å². The molecule has 2 aromatic heterocycles. The van der Waals surface area contributed by atoms with E-state index in [-0.39, 0.29) is 16.9 Å². The van der Waals surface area contributed by atoms with Gasteiger partial charge in [0.15, 0.2) is 11.4 Å². The topological polar surface area (TPSA) is 121 Å². The van der Waals surface area contributed by atoms with E-state index in [2.05, 4.69) is 14.2 Å². The van der Waals surface area contributed by atoms with Crippen LogP contribution >= 0.6 is 0 Å². The van der Waals surface area contributed by atoms with E-state index in [0.29, 0.717) is 19.3 Å². The molecule has 34 heavy (non-hydrogen) atoms. The molecular formula is C20H23F3N4O6S. The summed E-state index contributed by atoms with van der Waals surface area (Å²) < 4.78 is 74.5. The maximum atomic E-state index is 13.6. The number of hydrogen-bond acceptors (Lipinski definition) is 8. The number of rotatable bonds is 2. The minimum Gasteiger partial charge on any atom is -0.443 e. The third kappa shape index (κ3) is 3.97. The molecular weight excluding hydrogens is 481 g/mol. The number of nitrogens with zero attached hydrogens (tertiary/aromatic N) is 4. The molecule has 10 nitrogen and oxygen atoms in total. The predicted molar refractivity (Wildman–Crippen MR) is 112 cm³/mol. The van der Waals surface area contributed by atoms with Crippen LogP contribution in [0.1, 0.15) is 68.8 Å². The number of amides is 2. The van der Waals surface area contributed by atoms with Gasteiger partial charge in [0, 0.05) is 6.20 Å². The van der Waals surface area contributed by atoms with Crippen molar-refractivity contribution in [2.45, 2.75) is 76.6 Å². The van der Waals surface area contributed by atoms with Crippen molar-refractivity contribution in [2.24, 2.45) is 0 Å². The van der Waals surface area contributed by atoms with Gasteiger partial charge in [-0.05, 0) is 40.5 Å². The highest BCUT2D eigenvalue weighted by Crippen LogP contribution is 2.46. The van der Waals surface area contributed by atoms with E-state index < -0.39 is 56.8 Å². The van der Waals surface area contributed by atoms with Gasteiger partial charge in [-0.15, -0.1) is 0 Å². The molecule has 2 aromatic rings. The Bertz CT molecular complexity index is 1280. The van der Waals surface area contributed by atoms with Gasteiger partial charge in [0.05, 0.1) is 17.5 Å². The number of fused-ring (bicyclic) bond motifs is 5. The van der Waals surface area contributed by atoms with E-state index in [4.69, 9.17) is 4.74 Å². The Balaban J connectivity index is 1.98. The Kier molecular flexibility index (Phi) is 5.57. The van der Waals surface area contributed by atoms with E-state index in [1.807, 2.05) is 0 Å². The molecule has 0 unspecified atom stereocenters. The van der Waals surface area contributed by atoms with E-state index >= 15 is 0 Å². The molecule has 186 valence electrons. The lowest BCUT2D eigenvalue weighted by atomic mass is 9.87. The number of carbonyl (C=O) groups excluding carboxylic acids is 2. The molecule has 1 fully saturated rings. The average molecular weight is 504 g/mol. The molecule has 0 N–H and O–H groups in total. The monoisotopic (exact) mass is 504 g/mol. The summed E-state index contributed by atoms with van der Waals surface area (Å²) in [5.74, 6) is -1.64. The van der Waals surface area contributed by atoms with Crippen LogP contribution in [0.5, 0.6) is 5.75 Å². The highest BCUT2D eigenvalue weighted by atomic mass is 32.2. The van der Waals surface area contributed by atoms with Gasteiger partial charge in [-0.2, -0.15) is 21.6 Å². The molecule has 2 aliphatic rings. The Hall–Kier alpha value is -2.90. The number of ether oxygens (including phenoxy) is 1. The summed E-state index contributed by atoms with van der Waals surface area (Å²) in [5, 5.41) is -0.183. The predicted octanol–water partition coefficient (Wildman–Crippen LogP) is 3.84. The third-order valence-electron chi connectivity index (χ3n) is 5.66. The van der Waals surface area contributed by atoms with Crippen LogP contribution in [0.2, 0.25) is 0 Å². The maximum Gasteiger partial charge on any atom is 0.534 e. The third-order valence-corrected chi connectivity index (χ3v) is 6.62. The first kappa shape index (κ1) is 24.2. The second-order valence-corrected chi connectivity index (χ2v) is 10.8. The first-order chi connectivity index (χ1) is 15.6. The number of hydrogen-bond donors (Lipinski definition) is 0. The van der Waals surface area contributed by atoms with Crippen molar-refractivity contribution < 1.29 is 40.1 Å². The SMILES string of the molecule is Cc1ncc2c(OS(=O)(=O)C(F)(F)F)c3n(c2n1)[C@H]1CCCC[C@@H]1N(C(=O)OC(C)(C)C)C3=O. The summed E-state index contributed by atoms with van der Waals surface area (Å²) in [6, 6.07) is -1.21. The van der Waals surface area contributed by atoms with Crippen LogP contribution in [0.15, 0.2) is 6.20 Å². The zero-order valence-electron chi connectivity index (χ0n) is 18.8. The Labute approximate surface area is 193 Å². The number of carbonyl (C=O) groups is 2. The van der Waals surface area contributed by atoms with Crippen molar-refractivity contribution in [1.82, 2.24) is 19.4 Å². The van der Waals surface area contributed by atoms with Gasteiger partial charge < -0.3 is 13.5 Å². The molecule has 0 radical (unpaired) electrons. The molecule has 1 aliphatic heterocycles. The first-order valence-electron chi connectivity index (χ1n) is 10.6. The van der Waals surface area contributed by atoms with Crippen molar-refractivity contribution >= 4 is 33.2 Å². The van der Waals surface area contributed by atoms with Gasteiger partial charge in [0.1, 0.15) is 17.1 Å². The lowest BCUT2D eigenvalue weighted by Crippen LogP contribution is -2.55. The van der Waals surface area contributed by atoms with Crippen molar-refractivity contribution in [1.29, 1.82) is 0 Å². The Morgan fingerprint density at radius 3 is 2.35 bits per heavy atom. The number of aryl methyl sites for hydroxylation is 1. The quantitative estimate of drug-likeness (QED) is 0.447. The summed E-state index contributed by atoms with van der Waals surface area (Å²) in [6.07, 6.45) is 2.48. The van der Waals surface area contributed by atoms with Gasteiger partial charge in [-0.1, -0.05) is 12.8 Å². The fraction of sp³-hybridized carbons (Fsp3) is 0.600. The fourth-order valence-electron chi connectivity index (χ4n) is 4.40. The molecule has 2 atom stereocenters. The largest absolute Gasteiger partial charge is 0.534 e. The minimum absolute atomic E-state index is 0.0592. The van der Waals surface area contributed by atoms with Crippen LogP contribution in [0.25, 0.3) is 11.0 Å². The van der Waals surface area contributed by atoms with Crippen LogP contribution in [-0.4, -0.2) is 57.0 Å². The van der Waals surface area contributed by atoms with Crippen LogP contribution in [0.3, 0.4) is 0 Å². The Morgan fingerprint density at radius 1 is 1.15 bits per heavy atom. The number of halogens is 3. The molecule has 1 saturated carbocycles. The van der Waals surface area contributed by atoms with Gasteiger partial charge in [0.25, 0.3) is 5.91 Å². The van der Waals surface area contributed by atoms with E-state index in [0.717, 1.165) is 17.5 Å². The smallest absolute Gasteiger partial charge is 0.443 e. The Morgan fingerprint density at radius 2 is 1.76 bits per heavy atom. The van der Waals surface area contributed by atoms with Crippen LogP contribution < -0.4 is 4.18 Å². The second kappa shape index (κ2) is 7.82. The summed E-state index contributed by atoms with van der Waals surface area (Å²) in [4.78, 5) is 35.7. The maximum absolute atomic E-state index is 13.6. The van der Waals surface area contributed by atoms with Gasteiger partial charge in [-0.25, -0.2) is 19.7 Å². The summed E-state index contributed by atoms with van der Waals surface area (Å²) in [7, 11) is -6.13. The van der Waals surface area contributed by atoms with E-state index in [1.54, 1.807) is 27.7 Å². The summed E-state index contributed by atoms with van der Waals surface area (Å²) >= 11 is 0. The van der Waals surface area contributed by atoms with Crippen molar-refractivity contribution in [3.05, 3.63) is 17.7 Å². The molecule has 0 bridgehead atoms. The van der Waals surface area contributed by atoms with Crippen molar-refractivity contribution in [3.63, 3.8) is 0 Å². The molecule has 4 rings (SSSR count). The zero-order chi connectivity index (χ0) is 25.2. The van der Waals surface area contributed by atoms with E-state index in [1.165, 1.54) is 4.57 Å². The highest BCUT2D eigenvalue weighted by Gasteiger charge is 2.52. The highest BCUT2D eigenvalue weighted by molar-refractivity contribution is 7.88. The molecule has 0 aromatic carbocycles. The van der Waals surface area contributed by atoms with E-state index in [9.17, 15) is 31.2 Å². The summed E-state index contributed by atoms with van der Waals surface area (Å²) in [6.45, 7) is 6.37. The van der Waals surface area contributed by atoms with Gasteiger partial charge in [-0.3, -0.25) is 4.79 Å². The van der Waals surface area contributed by atoms with Gasteiger partial charge >= 0.3 is 21.7 Å². The molecule has 0 saturated heterocycles.